The molecule has 4 nitrogen and oxygen atoms in total. The summed E-state index contributed by atoms with van der Waals surface area (Å²) in [5.74, 6) is 0.881. The first-order valence-corrected chi connectivity index (χ1v) is 7.41. The Bertz CT molecular complexity index is 518. The molecule has 2 rings (SSSR count). The fourth-order valence-electron chi connectivity index (χ4n) is 1.67. The smallest absolute Gasteiger partial charge is 0.260 e. The first-order chi connectivity index (χ1) is 9.69. The molecule has 0 bridgehead atoms. The summed E-state index contributed by atoms with van der Waals surface area (Å²) in [6.07, 6.45) is 0. The molecule has 20 heavy (non-hydrogen) atoms. The number of rotatable bonds is 7. The number of methoxy groups -OCH3 is 1. The lowest BCUT2D eigenvalue weighted by molar-refractivity contribution is 0.199. The monoisotopic (exact) mass is 292 g/mol. The Labute approximate surface area is 123 Å². The normalized spacial score (nSPS) is 10.9. The van der Waals surface area contributed by atoms with Crippen LogP contribution in [-0.4, -0.2) is 25.2 Å². The van der Waals surface area contributed by atoms with E-state index in [1.165, 1.54) is 5.56 Å². The number of nitrogens with one attached hydrogen (secondary N) is 1. The van der Waals surface area contributed by atoms with Gasteiger partial charge in [0.05, 0.1) is 12.3 Å². The van der Waals surface area contributed by atoms with E-state index in [1.807, 2.05) is 13.8 Å². The second-order valence-electron chi connectivity index (χ2n) is 4.54. The van der Waals surface area contributed by atoms with Crippen molar-refractivity contribution in [3.8, 4) is 0 Å². The Hall–Kier alpha value is -1.30. The van der Waals surface area contributed by atoms with Crippen LogP contribution in [0.4, 0.5) is 0 Å². The van der Waals surface area contributed by atoms with E-state index in [0.29, 0.717) is 5.22 Å². The van der Waals surface area contributed by atoms with Gasteiger partial charge in [-0.05, 0) is 43.3 Å². The standard InChI is InChI=1S/C15H20N2O2S/c1-11-12(2)19-15(17-11)20-14-6-4-13(5-7-14)10-16-8-9-18-3/h4-7,16H,8-10H2,1-3H3. The molecule has 0 saturated heterocycles. The number of hydrogen-bond acceptors (Lipinski definition) is 5. The maximum Gasteiger partial charge on any atom is 0.260 e. The number of oxazole rings is 1. The minimum absolute atomic E-state index is 0.700. The fourth-order valence-corrected chi connectivity index (χ4v) is 2.49. The Kier molecular flexibility index (Phi) is 5.64. The largest absolute Gasteiger partial charge is 0.436 e. The van der Waals surface area contributed by atoms with Crippen molar-refractivity contribution in [3.05, 3.63) is 41.3 Å². The summed E-state index contributed by atoms with van der Waals surface area (Å²) in [5.41, 5.74) is 2.21. The molecule has 0 aliphatic carbocycles. The summed E-state index contributed by atoms with van der Waals surface area (Å²) in [4.78, 5) is 5.50. The Morgan fingerprint density at radius 1 is 1.25 bits per heavy atom. The second kappa shape index (κ2) is 7.47. The van der Waals surface area contributed by atoms with E-state index in [-0.39, 0.29) is 0 Å². The number of benzene rings is 1. The van der Waals surface area contributed by atoms with Crippen LogP contribution in [0.1, 0.15) is 17.0 Å². The van der Waals surface area contributed by atoms with Crippen molar-refractivity contribution in [1.29, 1.82) is 0 Å². The van der Waals surface area contributed by atoms with Crippen molar-refractivity contribution in [2.45, 2.75) is 30.5 Å². The van der Waals surface area contributed by atoms with Crippen LogP contribution in [0.15, 0.2) is 38.8 Å². The van der Waals surface area contributed by atoms with E-state index in [1.54, 1.807) is 18.9 Å². The predicted octanol–water partition coefficient (Wildman–Crippen LogP) is 3.18. The van der Waals surface area contributed by atoms with Gasteiger partial charge >= 0.3 is 0 Å². The lowest BCUT2D eigenvalue weighted by Gasteiger charge is -2.05. The van der Waals surface area contributed by atoms with Crippen molar-refractivity contribution in [1.82, 2.24) is 10.3 Å². The minimum Gasteiger partial charge on any atom is -0.436 e. The maximum atomic E-state index is 5.57. The van der Waals surface area contributed by atoms with E-state index in [0.717, 1.165) is 36.0 Å². The number of ether oxygens (including phenoxy) is 1. The van der Waals surface area contributed by atoms with Gasteiger partial charge in [-0.25, -0.2) is 4.98 Å². The van der Waals surface area contributed by atoms with Gasteiger partial charge in [-0.2, -0.15) is 0 Å². The zero-order valence-corrected chi connectivity index (χ0v) is 12.9. The zero-order chi connectivity index (χ0) is 14.4. The molecule has 0 aliphatic heterocycles. The van der Waals surface area contributed by atoms with Crippen LogP contribution in [0.2, 0.25) is 0 Å². The van der Waals surface area contributed by atoms with Gasteiger partial charge in [-0.1, -0.05) is 12.1 Å². The molecule has 0 atom stereocenters. The van der Waals surface area contributed by atoms with E-state index in [4.69, 9.17) is 9.15 Å². The van der Waals surface area contributed by atoms with Gasteiger partial charge in [0.2, 0.25) is 0 Å². The van der Waals surface area contributed by atoms with Gasteiger partial charge in [-0.15, -0.1) is 0 Å². The molecule has 5 heteroatoms. The average molecular weight is 292 g/mol. The highest BCUT2D eigenvalue weighted by Crippen LogP contribution is 2.28. The molecule has 1 aromatic heterocycles. The molecule has 0 unspecified atom stereocenters. The molecule has 0 fully saturated rings. The first-order valence-electron chi connectivity index (χ1n) is 6.59. The van der Waals surface area contributed by atoms with Gasteiger partial charge in [0.25, 0.3) is 5.22 Å². The van der Waals surface area contributed by atoms with Crippen LogP contribution >= 0.6 is 11.8 Å². The molecule has 0 spiro atoms. The number of aryl methyl sites for hydroxylation is 2. The van der Waals surface area contributed by atoms with E-state index < -0.39 is 0 Å². The van der Waals surface area contributed by atoms with Gasteiger partial charge in [0.1, 0.15) is 5.76 Å². The lowest BCUT2D eigenvalue weighted by atomic mass is 10.2. The van der Waals surface area contributed by atoms with Crippen LogP contribution in [0.5, 0.6) is 0 Å². The van der Waals surface area contributed by atoms with Gasteiger partial charge in [0.15, 0.2) is 0 Å². The Morgan fingerprint density at radius 3 is 2.60 bits per heavy atom. The van der Waals surface area contributed by atoms with E-state index in [2.05, 4.69) is 34.6 Å². The van der Waals surface area contributed by atoms with Crippen LogP contribution in [-0.2, 0) is 11.3 Å². The third kappa shape index (κ3) is 4.37. The molecule has 0 saturated carbocycles. The summed E-state index contributed by atoms with van der Waals surface area (Å²) < 4.78 is 10.6. The molecular weight excluding hydrogens is 272 g/mol. The number of nitrogens with zero attached hydrogens (tertiary/aromatic N) is 1. The molecule has 0 aliphatic rings. The molecule has 1 N–H and O–H groups in total. The third-order valence-electron chi connectivity index (χ3n) is 2.95. The highest BCUT2D eigenvalue weighted by Gasteiger charge is 2.07. The Morgan fingerprint density at radius 2 is 2.00 bits per heavy atom. The summed E-state index contributed by atoms with van der Waals surface area (Å²) in [5, 5.41) is 4.02. The van der Waals surface area contributed by atoms with Crippen molar-refractivity contribution in [2.75, 3.05) is 20.3 Å². The highest BCUT2D eigenvalue weighted by molar-refractivity contribution is 7.99. The number of hydrogen-bond donors (Lipinski definition) is 1. The van der Waals surface area contributed by atoms with Gasteiger partial charge < -0.3 is 14.5 Å². The average Bonchev–Trinajstić information content (AvgIpc) is 2.75. The fraction of sp³-hybridized carbons (Fsp3) is 0.400. The number of aromatic nitrogens is 1. The first kappa shape index (κ1) is 15.1. The molecule has 0 radical (unpaired) electrons. The third-order valence-corrected chi connectivity index (χ3v) is 3.81. The zero-order valence-electron chi connectivity index (χ0n) is 12.1. The van der Waals surface area contributed by atoms with Gasteiger partial charge in [-0.3, -0.25) is 0 Å². The second-order valence-corrected chi connectivity index (χ2v) is 5.56. The predicted molar refractivity (Wildman–Crippen MR) is 80.1 cm³/mol. The SMILES string of the molecule is COCCNCc1ccc(Sc2nc(C)c(C)o2)cc1. The molecule has 2 aromatic rings. The minimum atomic E-state index is 0.700. The van der Waals surface area contributed by atoms with Crippen LogP contribution in [0.3, 0.4) is 0 Å². The van der Waals surface area contributed by atoms with Crippen molar-refractivity contribution >= 4 is 11.8 Å². The molecule has 108 valence electrons. The molecule has 1 aromatic carbocycles. The molecule has 1 heterocycles. The Balaban J connectivity index is 1.88. The van der Waals surface area contributed by atoms with E-state index >= 15 is 0 Å². The van der Waals surface area contributed by atoms with Crippen LogP contribution in [0, 0.1) is 13.8 Å². The topological polar surface area (TPSA) is 47.3 Å². The summed E-state index contributed by atoms with van der Waals surface area (Å²) in [6, 6.07) is 8.41. The van der Waals surface area contributed by atoms with Crippen molar-refractivity contribution in [3.63, 3.8) is 0 Å². The van der Waals surface area contributed by atoms with Crippen LogP contribution in [0.25, 0.3) is 0 Å². The van der Waals surface area contributed by atoms with Crippen molar-refractivity contribution in [2.24, 2.45) is 0 Å². The van der Waals surface area contributed by atoms with Crippen molar-refractivity contribution < 1.29 is 9.15 Å². The van der Waals surface area contributed by atoms with Crippen LogP contribution < -0.4 is 5.32 Å². The molecular formula is C15H20N2O2S. The quantitative estimate of drug-likeness (QED) is 0.794. The van der Waals surface area contributed by atoms with Gasteiger partial charge in [0, 0.05) is 25.1 Å². The lowest BCUT2D eigenvalue weighted by Crippen LogP contribution is -2.18. The summed E-state index contributed by atoms with van der Waals surface area (Å²) >= 11 is 1.55. The maximum absolute atomic E-state index is 5.57. The van der Waals surface area contributed by atoms with E-state index in [9.17, 15) is 0 Å². The highest BCUT2D eigenvalue weighted by atomic mass is 32.2. The summed E-state index contributed by atoms with van der Waals surface area (Å²) in [7, 11) is 1.71. The molecule has 0 amide bonds. The summed E-state index contributed by atoms with van der Waals surface area (Å²) in [6.45, 7) is 6.34.